The van der Waals surface area contributed by atoms with E-state index in [0.717, 1.165) is 30.6 Å². The van der Waals surface area contributed by atoms with Gasteiger partial charge >= 0.3 is 0 Å². The molecule has 1 heterocycles. The quantitative estimate of drug-likeness (QED) is 0.872. The first-order chi connectivity index (χ1) is 11.3. The maximum Gasteiger partial charge on any atom is 0.264 e. The molecule has 0 saturated carbocycles. The summed E-state index contributed by atoms with van der Waals surface area (Å²) in [5.74, 6) is 0.614. The standard InChI is InChI=1S/C19H18N2O2/c20-12-11-15-7-9-17(10-8-15)23-14-19(22)21-13-3-5-16-4-1-2-6-18(16)21/h1-2,4,6-10H,3,5,11,13-14H2. The van der Waals surface area contributed by atoms with Crippen molar-refractivity contribution >= 4 is 11.6 Å². The van der Waals surface area contributed by atoms with E-state index in [1.807, 2.05) is 35.2 Å². The largest absolute Gasteiger partial charge is 0.484 e. The van der Waals surface area contributed by atoms with E-state index in [4.69, 9.17) is 10.00 Å². The number of para-hydroxylation sites is 1. The van der Waals surface area contributed by atoms with E-state index in [2.05, 4.69) is 12.1 Å². The lowest BCUT2D eigenvalue weighted by atomic mass is 10.0. The van der Waals surface area contributed by atoms with Gasteiger partial charge in [-0.1, -0.05) is 30.3 Å². The van der Waals surface area contributed by atoms with Gasteiger partial charge < -0.3 is 9.64 Å². The van der Waals surface area contributed by atoms with Crippen LogP contribution in [0.15, 0.2) is 48.5 Å². The number of benzene rings is 2. The lowest BCUT2D eigenvalue weighted by Gasteiger charge is -2.29. The number of rotatable bonds is 4. The molecule has 2 aromatic rings. The molecule has 0 spiro atoms. The number of hydrogen-bond donors (Lipinski definition) is 0. The molecule has 0 saturated heterocycles. The lowest BCUT2D eigenvalue weighted by Crippen LogP contribution is -2.38. The van der Waals surface area contributed by atoms with Crippen molar-refractivity contribution in [2.45, 2.75) is 19.3 Å². The molecule has 0 radical (unpaired) electrons. The molecule has 1 aliphatic heterocycles. The van der Waals surface area contributed by atoms with Gasteiger partial charge in [0, 0.05) is 12.2 Å². The summed E-state index contributed by atoms with van der Waals surface area (Å²) in [6.07, 6.45) is 2.37. The third kappa shape index (κ3) is 3.51. The van der Waals surface area contributed by atoms with Gasteiger partial charge in [0.15, 0.2) is 6.61 Å². The zero-order valence-corrected chi connectivity index (χ0v) is 12.9. The molecule has 2 aromatic carbocycles. The molecule has 4 heteroatoms. The van der Waals surface area contributed by atoms with Crippen LogP contribution in [-0.4, -0.2) is 19.1 Å². The molecule has 23 heavy (non-hydrogen) atoms. The molecule has 4 nitrogen and oxygen atoms in total. The summed E-state index contributed by atoms with van der Waals surface area (Å²) in [6, 6.07) is 17.4. The number of nitrogens with zero attached hydrogens (tertiary/aromatic N) is 2. The topological polar surface area (TPSA) is 53.3 Å². The second kappa shape index (κ2) is 6.97. The van der Waals surface area contributed by atoms with Crippen LogP contribution in [0.1, 0.15) is 17.5 Å². The maximum absolute atomic E-state index is 12.5. The Labute approximate surface area is 135 Å². The monoisotopic (exact) mass is 306 g/mol. The molecule has 0 bridgehead atoms. The van der Waals surface area contributed by atoms with Gasteiger partial charge in [-0.2, -0.15) is 5.26 Å². The van der Waals surface area contributed by atoms with E-state index >= 15 is 0 Å². The Balaban J connectivity index is 1.63. The number of ether oxygens (including phenoxy) is 1. The van der Waals surface area contributed by atoms with Crippen molar-refractivity contribution in [3.05, 3.63) is 59.7 Å². The predicted octanol–water partition coefficient (Wildman–Crippen LogP) is 3.11. The number of anilines is 1. The van der Waals surface area contributed by atoms with Crippen LogP contribution in [0.3, 0.4) is 0 Å². The van der Waals surface area contributed by atoms with Gasteiger partial charge in [0.2, 0.25) is 0 Å². The fraction of sp³-hybridized carbons (Fsp3) is 0.263. The smallest absolute Gasteiger partial charge is 0.264 e. The van der Waals surface area contributed by atoms with Gasteiger partial charge in [-0.05, 0) is 42.2 Å². The molecule has 0 fully saturated rings. The van der Waals surface area contributed by atoms with Crippen molar-refractivity contribution in [3.63, 3.8) is 0 Å². The SMILES string of the molecule is N#CCc1ccc(OCC(=O)N2CCCc3ccccc32)cc1. The zero-order chi connectivity index (χ0) is 16.1. The molecule has 0 atom stereocenters. The van der Waals surface area contributed by atoms with Crippen molar-refractivity contribution in [1.29, 1.82) is 5.26 Å². The Morgan fingerprint density at radius 2 is 1.96 bits per heavy atom. The first kappa shape index (κ1) is 15.1. The summed E-state index contributed by atoms with van der Waals surface area (Å²) in [4.78, 5) is 14.3. The molecular formula is C19H18N2O2. The summed E-state index contributed by atoms with van der Waals surface area (Å²) in [7, 11) is 0. The van der Waals surface area contributed by atoms with Crippen LogP contribution < -0.4 is 9.64 Å². The van der Waals surface area contributed by atoms with Gasteiger partial charge in [-0.3, -0.25) is 4.79 Å². The normalized spacial score (nSPS) is 13.1. The molecule has 0 aromatic heterocycles. The Morgan fingerprint density at radius 1 is 1.17 bits per heavy atom. The minimum atomic E-state index is -0.0294. The van der Waals surface area contributed by atoms with Gasteiger partial charge in [0.05, 0.1) is 12.5 Å². The van der Waals surface area contributed by atoms with Crippen molar-refractivity contribution in [2.24, 2.45) is 0 Å². The molecular weight excluding hydrogens is 288 g/mol. The van der Waals surface area contributed by atoms with Crippen molar-refractivity contribution in [3.8, 4) is 11.8 Å². The van der Waals surface area contributed by atoms with Crippen LogP contribution >= 0.6 is 0 Å². The minimum absolute atomic E-state index is 0.0198. The highest BCUT2D eigenvalue weighted by atomic mass is 16.5. The van der Waals surface area contributed by atoms with Crippen molar-refractivity contribution in [1.82, 2.24) is 0 Å². The average Bonchev–Trinajstić information content (AvgIpc) is 2.60. The number of nitriles is 1. The number of carbonyl (C=O) groups excluding carboxylic acids is 1. The number of fused-ring (bicyclic) bond motifs is 1. The summed E-state index contributed by atoms with van der Waals surface area (Å²) in [6.45, 7) is 0.756. The lowest BCUT2D eigenvalue weighted by molar-refractivity contribution is -0.120. The first-order valence-electron chi connectivity index (χ1n) is 7.75. The van der Waals surface area contributed by atoms with E-state index in [0.29, 0.717) is 12.2 Å². The fourth-order valence-electron chi connectivity index (χ4n) is 2.81. The number of amides is 1. The van der Waals surface area contributed by atoms with Crippen molar-refractivity contribution < 1.29 is 9.53 Å². The highest BCUT2D eigenvalue weighted by Gasteiger charge is 2.22. The fourth-order valence-corrected chi connectivity index (χ4v) is 2.81. The molecule has 0 unspecified atom stereocenters. The predicted molar refractivity (Wildman–Crippen MR) is 88.4 cm³/mol. The Kier molecular flexibility index (Phi) is 4.58. The van der Waals surface area contributed by atoms with Gasteiger partial charge in [-0.15, -0.1) is 0 Å². The number of carbonyl (C=O) groups is 1. The highest BCUT2D eigenvalue weighted by molar-refractivity contribution is 5.95. The van der Waals surface area contributed by atoms with Crippen LogP contribution in [0.2, 0.25) is 0 Å². The van der Waals surface area contributed by atoms with Crippen molar-refractivity contribution in [2.75, 3.05) is 18.1 Å². The second-order valence-corrected chi connectivity index (χ2v) is 5.55. The molecule has 0 N–H and O–H groups in total. The van der Waals surface area contributed by atoms with E-state index in [1.165, 1.54) is 5.56 Å². The van der Waals surface area contributed by atoms with E-state index in [9.17, 15) is 4.79 Å². The minimum Gasteiger partial charge on any atom is -0.484 e. The van der Waals surface area contributed by atoms with Crippen LogP contribution in [0.25, 0.3) is 0 Å². The van der Waals surface area contributed by atoms with Crippen LogP contribution in [0.4, 0.5) is 5.69 Å². The second-order valence-electron chi connectivity index (χ2n) is 5.55. The van der Waals surface area contributed by atoms with E-state index in [-0.39, 0.29) is 12.5 Å². The van der Waals surface area contributed by atoms with Gasteiger partial charge in [0.1, 0.15) is 5.75 Å². The maximum atomic E-state index is 12.5. The number of aryl methyl sites for hydroxylation is 1. The van der Waals surface area contributed by atoms with Crippen LogP contribution in [-0.2, 0) is 17.6 Å². The summed E-state index contributed by atoms with van der Waals surface area (Å²) >= 11 is 0. The zero-order valence-electron chi connectivity index (χ0n) is 12.9. The molecule has 0 aliphatic carbocycles. The Morgan fingerprint density at radius 3 is 2.74 bits per heavy atom. The summed E-state index contributed by atoms with van der Waals surface area (Å²) < 4.78 is 5.60. The summed E-state index contributed by atoms with van der Waals surface area (Å²) in [5, 5.41) is 8.66. The third-order valence-corrected chi connectivity index (χ3v) is 3.98. The van der Waals surface area contributed by atoms with Crippen LogP contribution in [0.5, 0.6) is 5.75 Å². The summed E-state index contributed by atoms with van der Waals surface area (Å²) in [5.41, 5.74) is 3.15. The van der Waals surface area contributed by atoms with Crippen LogP contribution in [0, 0.1) is 11.3 Å². The Bertz CT molecular complexity index is 732. The molecule has 1 aliphatic rings. The number of hydrogen-bond acceptors (Lipinski definition) is 3. The van der Waals surface area contributed by atoms with E-state index < -0.39 is 0 Å². The molecule has 1 amide bonds. The third-order valence-electron chi connectivity index (χ3n) is 3.98. The highest BCUT2D eigenvalue weighted by Crippen LogP contribution is 2.26. The Hall–Kier alpha value is -2.80. The molecule has 3 rings (SSSR count). The van der Waals surface area contributed by atoms with Gasteiger partial charge in [-0.25, -0.2) is 0 Å². The van der Waals surface area contributed by atoms with E-state index in [1.54, 1.807) is 12.1 Å². The average molecular weight is 306 g/mol. The van der Waals surface area contributed by atoms with Gasteiger partial charge in [0.25, 0.3) is 5.91 Å². The molecule has 116 valence electrons. The first-order valence-corrected chi connectivity index (χ1v) is 7.75.